The van der Waals surface area contributed by atoms with Gasteiger partial charge in [0.2, 0.25) is 24.4 Å². The van der Waals surface area contributed by atoms with Crippen molar-refractivity contribution in [1.82, 2.24) is 10.6 Å². The topological polar surface area (TPSA) is 218 Å². The van der Waals surface area contributed by atoms with Crippen molar-refractivity contribution in [3.05, 3.63) is 24.7 Å². The molecule has 16 nitrogen and oxygen atoms in total. The molecule has 17 heteroatoms. The number of allylic oxidation sites excluding steroid dienone is 2. The second-order valence-corrected chi connectivity index (χ2v) is 31.7. The quantitative estimate of drug-likeness (QED) is 0.0166. The van der Waals surface area contributed by atoms with Crippen molar-refractivity contribution >= 4 is 31.7 Å². The molecule has 2 heterocycles. The first-order valence-corrected chi connectivity index (χ1v) is 39.1. The van der Waals surface area contributed by atoms with Gasteiger partial charge in [-0.05, 0) is 57.7 Å². The molecule has 0 aromatic carbocycles. The summed E-state index contributed by atoms with van der Waals surface area (Å²) in [6.07, 6.45) is 39.2. The van der Waals surface area contributed by atoms with Crippen LogP contribution in [0.2, 0.25) is 18.1 Å². The average molecular weight is 1280 g/mol. The number of carbonyl (C=O) groups excluding carboxylic acids is 4. The van der Waals surface area contributed by atoms with Crippen molar-refractivity contribution in [3.8, 4) is 0 Å². The van der Waals surface area contributed by atoms with E-state index in [1.54, 1.807) is 19.1 Å². The van der Waals surface area contributed by atoms with Gasteiger partial charge in [0.1, 0.15) is 60.3 Å². The summed E-state index contributed by atoms with van der Waals surface area (Å²) >= 11 is 0. The molecular formula is C72H136N2O14Si. The summed E-state index contributed by atoms with van der Waals surface area (Å²) in [5.74, 6) is -1.01. The first-order chi connectivity index (χ1) is 42.8. The van der Waals surface area contributed by atoms with Gasteiger partial charge in [-0.1, -0.05) is 253 Å². The van der Waals surface area contributed by atoms with Gasteiger partial charge in [-0.15, -0.1) is 0 Å². The first-order valence-electron chi connectivity index (χ1n) is 36.2. The van der Waals surface area contributed by atoms with Gasteiger partial charge in [0.25, 0.3) is 0 Å². The van der Waals surface area contributed by atoms with Gasteiger partial charge in [0.15, 0.2) is 8.32 Å². The van der Waals surface area contributed by atoms with E-state index in [9.17, 15) is 34.5 Å². The van der Waals surface area contributed by atoms with Crippen LogP contribution in [-0.4, -0.2) is 135 Å². The van der Waals surface area contributed by atoms with Crippen LogP contribution in [0.4, 0.5) is 0 Å². The number of nitrogens with one attached hydrogen (secondary N) is 2. The fraction of sp³-hybridized carbons (Fsp3) is 0.889. The van der Waals surface area contributed by atoms with E-state index in [4.69, 9.17) is 32.8 Å². The maximum absolute atomic E-state index is 13.2. The molecule has 0 spiro atoms. The zero-order valence-electron chi connectivity index (χ0n) is 58.6. The summed E-state index contributed by atoms with van der Waals surface area (Å²) in [4.78, 5) is 51.3. The lowest BCUT2D eigenvalue weighted by Gasteiger charge is -2.45. The van der Waals surface area contributed by atoms with Crippen molar-refractivity contribution in [2.24, 2.45) is 0 Å². The zero-order chi connectivity index (χ0) is 66.0. The van der Waals surface area contributed by atoms with Gasteiger partial charge in [-0.25, -0.2) is 0 Å². The molecule has 0 aromatic rings. The molecule has 522 valence electrons. The molecule has 0 aromatic heterocycles. The largest absolute Gasteiger partial charge is 0.471 e. The molecule has 2 saturated heterocycles. The summed E-state index contributed by atoms with van der Waals surface area (Å²) in [6, 6.07) is -1.62. The Morgan fingerprint density at radius 3 is 1.09 bits per heavy atom. The number of aliphatic hydroxyl groups excluding tert-OH is 3. The lowest BCUT2D eigenvalue weighted by molar-refractivity contribution is -0.263. The lowest BCUT2D eigenvalue weighted by atomic mass is 9.96. The minimum Gasteiger partial charge on any atom is -0.471 e. The third-order valence-electron chi connectivity index (χ3n) is 17.7. The predicted octanol–water partition coefficient (Wildman–Crippen LogP) is 16.0. The zero-order valence-corrected chi connectivity index (χ0v) is 59.6. The van der Waals surface area contributed by atoms with Gasteiger partial charge in [0.05, 0.1) is 38.6 Å². The normalized spacial score (nSPS) is 22.3. The number of ether oxygens (including phenoxy) is 6. The Bertz CT molecular complexity index is 1810. The summed E-state index contributed by atoms with van der Waals surface area (Å²) in [5.41, 5.74) is 0. The van der Waals surface area contributed by atoms with E-state index in [-0.39, 0.29) is 36.1 Å². The molecule has 0 unspecified atom stereocenters. The third kappa shape index (κ3) is 39.5. The highest BCUT2D eigenvalue weighted by Crippen LogP contribution is 2.37. The van der Waals surface area contributed by atoms with E-state index in [0.29, 0.717) is 26.1 Å². The number of amides is 2. The molecule has 10 atom stereocenters. The SMILES string of the molecule is C/C=C\O[C@H]1O[C@H](CO)[C@@H](O)[C@H](OCCCCCCCCCC)[C@H]1NC(=O)CC(=O)CCCCCCCCCCC.C/C=C\O[C@H]1O[C@H](CO[Si](C)(C)C(C)(C)C)[C@@H](O)[C@H](OCCCCCCCCCC)[C@H]1NC(=O)CC(=O)CCCCCCCCCCC. The van der Waals surface area contributed by atoms with Crippen LogP contribution in [0.5, 0.6) is 0 Å². The van der Waals surface area contributed by atoms with Crippen molar-refractivity contribution < 1.29 is 67.3 Å². The summed E-state index contributed by atoms with van der Waals surface area (Å²) in [7, 11) is -2.12. The van der Waals surface area contributed by atoms with Crippen molar-refractivity contribution in [1.29, 1.82) is 0 Å². The van der Waals surface area contributed by atoms with E-state index in [1.807, 2.05) is 6.92 Å². The van der Waals surface area contributed by atoms with E-state index in [0.717, 1.165) is 77.0 Å². The molecule has 0 radical (unpaired) electrons. The third-order valence-corrected chi connectivity index (χ3v) is 22.2. The first kappa shape index (κ1) is 84.3. The number of hydrogen-bond acceptors (Lipinski definition) is 14. The molecule has 0 bridgehead atoms. The molecule has 0 aliphatic carbocycles. The number of aliphatic hydroxyl groups is 3. The van der Waals surface area contributed by atoms with Gasteiger partial charge in [-0.2, -0.15) is 0 Å². The molecule has 2 amide bonds. The molecule has 89 heavy (non-hydrogen) atoms. The number of ketones is 2. The maximum Gasteiger partial charge on any atom is 0.227 e. The maximum atomic E-state index is 13.2. The summed E-state index contributed by atoms with van der Waals surface area (Å²) < 4.78 is 42.6. The fourth-order valence-electron chi connectivity index (χ4n) is 11.1. The molecule has 5 N–H and O–H groups in total. The molecular weight excluding hydrogens is 1140 g/mol. The minimum absolute atomic E-state index is 0.00277. The molecule has 2 rings (SSSR count). The highest BCUT2D eigenvalue weighted by atomic mass is 28.4. The monoisotopic (exact) mass is 1280 g/mol. The Kier molecular flexibility index (Phi) is 50.8. The van der Waals surface area contributed by atoms with Crippen LogP contribution in [0.15, 0.2) is 24.7 Å². The van der Waals surface area contributed by atoms with Crippen molar-refractivity contribution in [3.63, 3.8) is 0 Å². The fourth-order valence-corrected chi connectivity index (χ4v) is 12.1. The number of unbranched alkanes of at least 4 members (excludes halogenated alkanes) is 30. The number of rotatable bonds is 54. The van der Waals surface area contributed by atoms with E-state index in [2.05, 4.69) is 72.2 Å². The van der Waals surface area contributed by atoms with Crippen LogP contribution >= 0.6 is 0 Å². The number of hydrogen-bond donors (Lipinski definition) is 5. The highest BCUT2D eigenvalue weighted by Gasteiger charge is 2.50. The van der Waals surface area contributed by atoms with Gasteiger partial charge < -0.3 is 58.8 Å². The van der Waals surface area contributed by atoms with Crippen LogP contribution < -0.4 is 10.6 Å². The lowest BCUT2D eigenvalue weighted by Crippen LogP contribution is -2.66. The summed E-state index contributed by atoms with van der Waals surface area (Å²) in [5, 5.41) is 38.1. The number of Topliss-reactive ketones (excluding diaryl/α,β-unsaturated/α-hetero) is 2. The van der Waals surface area contributed by atoms with Crippen LogP contribution in [0.1, 0.15) is 306 Å². The van der Waals surface area contributed by atoms with Crippen molar-refractivity contribution in [2.75, 3.05) is 26.4 Å². The Hall–Kier alpha value is -2.74. The molecule has 0 saturated carbocycles. The molecule has 2 aliphatic heterocycles. The van der Waals surface area contributed by atoms with E-state index >= 15 is 0 Å². The van der Waals surface area contributed by atoms with Gasteiger partial charge in [0, 0.05) is 26.1 Å². The Balaban J connectivity index is 0.000000901. The number of carbonyl (C=O) groups is 4. The standard InChI is InChI=1S/C39H75NO7Si.C33H61NO7/c1-9-12-14-16-18-20-21-23-25-27-32(41)30-34(42)40-35-37(44-29-26-24-22-19-17-15-13-10-2)36(43)33(47-38(35)45-28-11-3)31-46-48(7,8)39(4,5)6;1-4-7-9-11-13-15-16-18-20-22-27(36)25-29(37)34-30-32(39-24-21-19-17-14-12-10-8-5-2)31(38)28(26-35)41-33(30)40-23-6-3/h11,28,33,35-38,43H,9-10,12-27,29-31H2,1-8H3,(H,40,42);6,23,28,30-33,35,38H,4-5,7-22,24-26H2,1-3H3,(H,34,37)/b28-11-;23-6-/t33-,35-,36-,37-,38+;28-,30-,31-,32-,33+/m11/s1. The van der Waals surface area contributed by atoms with E-state index in [1.165, 1.54) is 154 Å². The van der Waals surface area contributed by atoms with Crippen LogP contribution in [0.3, 0.4) is 0 Å². The predicted molar refractivity (Wildman–Crippen MR) is 363 cm³/mol. The average Bonchev–Trinajstić information content (AvgIpc) is 1.25. The Morgan fingerprint density at radius 2 is 0.775 bits per heavy atom. The minimum atomic E-state index is -2.12. The smallest absolute Gasteiger partial charge is 0.227 e. The highest BCUT2D eigenvalue weighted by molar-refractivity contribution is 6.74. The van der Waals surface area contributed by atoms with Crippen LogP contribution in [0.25, 0.3) is 0 Å². The van der Waals surface area contributed by atoms with Crippen LogP contribution in [0, 0.1) is 0 Å². The summed E-state index contributed by atoms with van der Waals surface area (Å²) in [6.45, 7) is 24.0. The molecule has 2 fully saturated rings. The second kappa shape index (κ2) is 53.6. The molecule has 2 aliphatic rings. The van der Waals surface area contributed by atoms with Gasteiger partial charge in [-0.3, -0.25) is 19.2 Å². The Morgan fingerprint density at radius 1 is 0.472 bits per heavy atom. The van der Waals surface area contributed by atoms with Crippen molar-refractivity contribution in [2.45, 2.75) is 386 Å². The second-order valence-electron chi connectivity index (χ2n) is 26.9. The van der Waals surface area contributed by atoms with Crippen LogP contribution in [-0.2, 0) is 52.0 Å². The van der Waals surface area contributed by atoms with E-state index < -0.39 is 88.0 Å². The van der Waals surface area contributed by atoms with Gasteiger partial charge >= 0.3 is 0 Å². The Labute approximate surface area is 544 Å².